The van der Waals surface area contributed by atoms with Crippen molar-refractivity contribution in [3.8, 4) is 0 Å². The number of nitrogens with one attached hydrogen (secondary N) is 1. The normalized spacial score (nSPS) is 15.4. The van der Waals surface area contributed by atoms with Gasteiger partial charge in [-0.25, -0.2) is 0 Å². The van der Waals surface area contributed by atoms with Crippen molar-refractivity contribution in [2.24, 2.45) is 0 Å². The molecule has 0 aliphatic carbocycles. The fourth-order valence-corrected chi connectivity index (χ4v) is 1.70. The number of aliphatic hydroxyl groups is 2. The lowest BCUT2D eigenvalue weighted by Crippen LogP contribution is -2.38. The van der Waals surface area contributed by atoms with Crippen molar-refractivity contribution in [3.63, 3.8) is 0 Å². The number of aliphatic hydroxyl groups excluding tert-OH is 1. The largest absolute Gasteiger partial charge is 0.394 e. The van der Waals surface area contributed by atoms with Gasteiger partial charge >= 0.3 is 0 Å². The molecule has 0 fully saturated rings. The predicted molar refractivity (Wildman–Crippen MR) is 68.9 cm³/mol. The average molecular weight is 274 g/mol. The number of hydrogen-bond donors (Lipinski definition) is 3. The minimum Gasteiger partial charge on any atom is -0.394 e. The molecule has 1 aromatic rings. The van der Waals surface area contributed by atoms with Crippen LogP contribution in [0.1, 0.15) is 27.0 Å². The number of hydrogen-bond acceptors (Lipinski definition) is 5. The summed E-state index contributed by atoms with van der Waals surface area (Å²) in [5.74, 6) is 0. The summed E-state index contributed by atoms with van der Waals surface area (Å²) in [5.41, 5.74) is -1.54. The Morgan fingerprint density at radius 2 is 2.22 bits per heavy atom. The highest BCUT2D eigenvalue weighted by molar-refractivity contribution is 7.71. The highest BCUT2D eigenvalue weighted by Crippen LogP contribution is 2.24. The number of aromatic nitrogens is 2. The van der Waals surface area contributed by atoms with Gasteiger partial charge in [0.1, 0.15) is 5.60 Å². The lowest BCUT2D eigenvalue weighted by atomic mass is 10.1. The number of ether oxygens (including phenoxy) is 1. The quantitative estimate of drug-likeness (QED) is 0.683. The van der Waals surface area contributed by atoms with Crippen LogP contribution in [0.15, 0.2) is 17.1 Å². The van der Waals surface area contributed by atoms with Gasteiger partial charge in [0.05, 0.1) is 12.7 Å². The zero-order valence-corrected chi connectivity index (χ0v) is 11.4. The maximum Gasteiger partial charge on any atom is 0.251 e. The van der Waals surface area contributed by atoms with Gasteiger partial charge in [0.25, 0.3) is 5.56 Å². The minimum atomic E-state index is -1.22. The van der Waals surface area contributed by atoms with E-state index >= 15 is 0 Å². The van der Waals surface area contributed by atoms with Crippen molar-refractivity contribution in [2.45, 2.75) is 38.7 Å². The Balaban J connectivity index is 3.18. The van der Waals surface area contributed by atoms with Gasteiger partial charge in [-0.15, -0.1) is 0 Å². The molecule has 3 N–H and O–H groups in total. The molecular formula is C11H18N2O4S. The van der Waals surface area contributed by atoms with Crippen LogP contribution < -0.4 is 5.56 Å². The first-order valence-electron chi connectivity index (χ1n) is 5.56. The van der Waals surface area contributed by atoms with Crippen molar-refractivity contribution in [2.75, 3.05) is 6.61 Å². The van der Waals surface area contributed by atoms with E-state index in [0.29, 0.717) is 0 Å². The Morgan fingerprint density at radius 3 is 2.67 bits per heavy atom. The zero-order valence-electron chi connectivity index (χ0n) is 10.6. The summed E-state index contributed by atoms with van der Waals surface area (Å²) >= 11 is 5.03. The van der Waals surface area contributed by atoms with E-state index in [1.54, 1.807) is 20.8 Å². The second kappa shape index (κ2) is 5.75. The van der Waals surface area contributed by atoms with Crippen LogP contribution in [-0.4, -0.2) is 38.1 Å². The first-order valence-corrected chi connectivity index (χ1v) is 5.96. The van der Waals surface area contributed by atoms with E-state index in [9.17, 15) is 9.90 Å². The monoisotopic (exact) mass is 274 g/mol. The average Bonchev–Trinajstić information content (AvgIpc) is 2.25. The van der Waals surface area contributed by atoms with Gasteiger partial charge < -0.3 is 14.9 Å². The Bertz CT molecular complexity index is 503. The van der Waals surface area contributed by atoms with Crippen LogP contribution in [0.5, 0.6) is 0 Å². The maximum atomic E-state index is 11.1. The SMILES string of the molecule is C[C@@H](CO)O[C@@H](n1ccc(=O)[nH]c1=S)C(C)(C)O. The van der Waals surface area contributed by atoms with Crippen LogP contribution in [0.25, 0.3) is 0 Å². The van der Waals surface area contributed by atoms with Crippen molar-refractivity contribution in [3.05, 3.63) is 27.4 Å². The number of rotatable bonds is 5. The van der Waals surface area contributed by atoms with Gasteiger partial charge in [-0.1, -0.05) is 0 Å². The Kier molecular flexibility index (Phi) is 4.80. The molecule has 1 rings (SSSR count). The summed E-state index contributed by atoms with van der Waals surface area (Å²) in [6, 6.07) is 1.29. The van der Waals surface area contributed by atoms with Gasteiger partial charge in [-0.2, -0.15) is 0 Å². The number of aromatic amines is 1. The maximum absolute atomic E-state index is 11.1. The molecule has 18 heavy (non-hydrogen) atoms. The van der Waals surface area contributed by atoms with Gasteiger partial charge in [0, 0.05) is 12.3 Å². The van der Waals surface area contributed by atoms with Crippen LogP contribution in [-0.2, 0) is 4.74 Å². The molecule has 1 aromatic heterocycles. The predicted octanol–water partition coefficient (Wildman–Crippen LogP) is 0.573. The van der Waals surface area contributed by atoms with Crippen molar-refractivity contribution >= 4 is 12.2 Å². The van der Waals surface area contributed by atoms with E-state index in [1.165, 1.54) is 16.8 Å². The molecule has 0 bridgehead atoms. The van der Waals surface area contributed by atoms with Gasteiger partial charge in [0.15, 0.2) is 11.0 Å². The van der Waals surface area contributed by atoms with Crippen molar-refractivity contribution in [1.82, 2.24) is 9.55 Å². The van der Waals surface area contributed by atoms with Crippen LogP contribution >= 0.6 is 12.2 Å². The standard InChI is InChI=1S/C11H18N2O4S/c1-7(6-14)17-9(11(2,3)16)13-5-4-8(15)12-10(13)18/h4-5,7,9,14,16H,6H2,1-3H3,(H,12,15,18)/t7-,9+/m0/s1. The first-order chi connectivity index (χ1) is 8.25. The van der Waals surface area contributed by atoms with Gasteiger partial charge in [0.2, 0.25) is 0 Å². The third kappa shape index (κ3) is 3.74. The molecule has 0 radical (unpaired) electrons. The minimum absolute atomic E-state index is 0.153. The molecule has 0 aromatic carbocycles. The number of H-pyrrole nitrogens is 1. The highest BCUT2D eigenvalue weighted by Gasteiger charge is 2.31. The Labute approximate surface area is 110 Å². The van der Waals surface area contributed by atoms with Crippen molar-refractivity contribution in [1.29, 1.82) is 0 Å². The van der Waals surface area contributed by atoms with E-state index in [-0.39, 0.29) is 16.9 Å². The molecule has 102 valence electrons. The Morgan fingerprint density at radius 1 is 1.61 bits per heavy atom. The molecule has 0 saturated heterocycles. The fraction of sp³-hybridized carbons (Fsp3) is 0.636. The van der Waals surface area contributed by atoms with Crippen LogP contribution in [0.2, 0.25) is 0 Å². The third-order valence-electron chi connectivity index (χ3n) is 2.33. The highest BCUT2D eigenvalue weighted by atomic mass is 32.1. The lowest BCUT2D eigenvalue weighted by molar-refractivity contribution is -0.161. The molecule has 1 heterocycles. The van der Waals surface area contributed by atoms with Gasteiger partial charge in [-0.05, 0) is 33.0 Å². The smallest absolute Gasteiger partial charge is 0.251 e. The molecular weight excluding hydrogens is 256 g/mol. The molecule has 0 amide bonds. The molecule has 0 aliphatic rings. The second-order valence-corrected chi connectivity index (χ2v) is 5.04. The summed E-state index contributed by atoms with van der Waals surface area (Å²) in [5, 5.41) is 19.1. The van der Waals surface area contributed by atoms with E-state index in [2.05, 4.69) is 4.98 Å². The third-order valence-corrected chi connectivity index (χ3v) is 2.64. The summed E-state index contributed by atoms with van der Waals surface area (Å²) in [7, 11) is 0. The summed E-state index contributed by atoms with van der Waals surface area (Å²) in [6.07, 6.45) is 0.188. The van der Waals surface area contributed by atoms with Crippen LogP contribution in [0.3, 0.4) is 0 Å². The van der Waals surface area contributed by atoms with E-state index < -0.39 is 17.9 Å². The van der Waals surface area contributed by atoms with E-state index in [4.69, 9.17) is 22.1 Å². The molecule has 0 unspecified atom stereocenters. The topological polar surface area (TPSA) is 87.5 Å². The van der Waals surface area contributed by atoms with E-state index in [0.717, 1.165) is 0 Å². The van der Waals surface area contributed by atoms with Crippen LogP contribution in [0, 0.1) is 4.77 Å². The first kappa shape index (κ1) is 15.0. The molecule has 2 atom stereocenters. The molecule has 6 nitrogen and oxygen atoms in total. The molecule has 7 heteroatoms. The molecule has 0 aliphatic heterocycles. The van der Waals surface area contributed by atoms with E-state index in [1.807, 2.05) is 0 Å². The van der Waals surface area contributed by atoms with Gasteiger partial charge in [-0.3, -0.25) is 14.3 Å². The lowest BCUT2D eigenvalue weighted by Gasteiger charge is -2.33. The summed E-state index contributed by atoms with van der Waals surface area (Å²) in [6.45, 7) is 4.63. The molecule has 0 saturated carbocycles. The van der Waals surface area contributed by atoms with Crippen molar-refractivity contribution < 1.29 is 14.9 Å². The number of nitrogens with zero attached hydrogens (tertiary/aromatic N) is 1. The summed E-state index contributed by atoms with van der Waals surface area (Å²) < 4.78 is 7.14. The molecule has 0 spiro atoms. The Hall–Kier alpha value is -1.02. The van der Waals surface area contributed by atoms with Crippen LogP contribution in [0.4, 0.5) is 0 Å². The fourth-order valence-electron chi connectivity index (χ4n) is 1.45. The summed E-state index contributed by atoms with van der Waals surface area (Å²) in [4.78, 5) is 13.6. The second-order valence-electron chi connectivity index (χ2n) is 4.65. The zero-order chi connectivity index (χ0) is 13.9.